The number of rotatable bonds is 2. The second kappa shape index (κ2) is 4.63. The highest BCUT2D eigenvalue weighted by Crippen LogP contribution is 2.39. The van der Waals surface area contributed by atoms with Crippen molar-refractivity contribution in [3.05, 3.63) is 53.9 Å². The maximum absolute atomic E-state index is 11.6. The van der Waals surface area contributed by atoms with E-state index in [1.165, 1.54) is 0 Å². The van der Waals surface area contributed by atoms with Gasteiger partial charge in [-0.3, -0.25) is 4.68 Å². The molecule has 1 aromatic heterocycles. The second-order valence-corrected chi connectivity index (χ2v) is 5.14. The van der Waals surface area contributed by atoms with Crippen molar-refractivity contribution in [2.24, 2.45) is 7.05 Å². The van der Waals surface area contributed by atoms with Crippen LogP contribution in [-0.4, -0.2) is 15.7 Å². The first-order chi connectivity index (χ1) is 9.56. The number of aromatic nitrogens is 2. The van der Waals surface area contributed by atoms with E-state index in [0.717, 1.165) is 22.3 Å². The molecular formula is C16H16N2O2. The minimum atomic E-state index is -0.298. The van der Waals surface area contributed by atoms with E-state index in [2.05, 4.69) is 24.7 Å². The van der Waals surface area contributed by atoms with Gasteiger partial charge in [-0.05, 0) is 18.1 Å². The van der Waals surface area contributed by atoms with E-state index in [1.54, 1.807) is 4.68 Å². The van der Waals surface area contributed by atoms with Crippen molar-refractivity contribution in [3.63, 3.8) is 0 Å². The van der Waals surface area contributed by atoms with Crippen molar-refractivity contribution >= 4 is 5.97 Å². The van der Waals surface area contributed by atoms with Crippen LogP contribution in [-0.2, 0) is 16.6 Å². The molecule has 1 fully saturated rings. The molecule has 4 heteroatoms. The number of benzene rings is 1. The monoisotopic (exact) mass is 268 g/mol. The summed E-state index contributed by atoms with van der Waals surface area (Å²) in [7, 11) is 1.89. The number of hydrogen-bond acceptors (Lipinski definition) is 3. The summed E-state index contributed by atoms with van der Waals surface area (Å²) >= 11 is 0. The van der Waals surface area contributed by atoms with Crippen molar-refractivity contribution < 1.29 is 9.53 Å². The van der Waals surface area contributed by atoms with Gasteiger partial charge in [-0.25, -0.2) is 4.79 Å². The standard InChI is InChI=1S/C16H16N2O2/c1-10-5-4-6-13(14-7-11(2)16(19)20-14)15(10)12-8-17-18(3)9-12/h4-6,8-9,14H,2,7H2,1,3H3. The Labute approximate surface area is 117 Å². The van der Waals surface area contributed by atoms with Gasteiger partial charge in [0.05, 0.1) is 6.20 Å². The molecule has 3 rings (SSSR count). The number of carbonyl (C=O) groups excluding carboxylic acids is 1. The summed E-state index contributed by atoms with van der Waals surface area (Å²) in [6.45, 7) is 5.80. The van der Waals surface area contributed by atoms with Crippen molar-refractivity contribution in [3.8, 4) is 11.1 Å². The molecule has 1 atom stereocenters. The Hall–Kier alpha value is -2.36. The first-order valence-corrected chi connectivity index (χ1v) is 6.53. The molecule has 4 nitrogen and oxygen atoms in total. The molecule has 2 aromatic rings. The zero-order valence-corrected chi connectivity index (χ0v) is 11.6. The van der Waals surface area contributed by atoms with Crippen molar-refractivity contribution in [1.29, 1.82) is 0 Å². The minimum Gasteiger partial charge on any atom is -0.454 e. The van der Waals surface area contributed by atoms with Crippen LogP contribution in [0.2, 0.25) is 0 Å². The van der Waals surface area contributed by atoms with E-state index in [0.29, 0.717) is 12.0 Å². The summed E-state index contributed by atoms with van der Waals surface area (Å²) in [6, 6.07) is 6.04. The lowest BCUT2D eigenvalue weighted by molar-refractivity contribution is -0.139. The lowest BCUT2D eigenvalue weighted by Gasteiger charge is -2.15. The summed E-state index contributed by atoms with van der Waals surface area (Å²) in [6.07, 6.45) is 4.11. The maximum Gasteiger partial charge on any atom is 0.334 e. The summed E-state index contributed by atoms with van der Waals surface area (Å²) in [5.74, 6) is -0.298. The fourth-order valence-electron chi connectivity index (χ4n) is 2.64. The Balaban J connectivity index is 2.10. The molecule has 0 aliphatic carbocycles. The lowest BCUT2D eigenvalue weighted by Crippen LogP contribution is -2.02. The number of cyclic esters (lactones) is 1. The highest BCUT2D eigenvalue weighted by Gasteiger charge is 2.30. The largest absolute Gasteiger partial charge is 0.454 e. The summed E-state index contributed by atoms with van der Waals surface area (Å²) in [5, 5.41) is 4.22. The number of carbonyl (C=O) groups is 1. The molecule has 1 aliphatic rings. The van der Waals surface area contributed by atoms with E-state index < -0.39 is 0 Å². The fraction of sp³-hybridized carbons (Fsp3) is 0.250. The van der Waals surface area contributed by atoms with Crippen LogP contribution in [0, 0.1) is 6.92 Å². The van der Waals surface area contributed by atoms with E-state index in [1.807, 2.05) is 31.6 Å². The van der Waals surface area contributed by atoms with Crippen LogP contribution in [0.25, 0.3) is 11.1 Å². The van der Waals surface area contributed by atoms with Gasteiger partial charge in [0.2, 0.25) is 0 Å². The summed E-state index contributed by atoms with van der Waals surface area (Å²) < 4.78 is 7.19. The quantitative estimate of drug-likeness (QED) is 0.621. The maximum atomic E-state index is 11.6. The predicted octanol–water partition coefficient (Wildman–Crippen LogP) is 2.94. The smallest absolute Gasteiger partial charge is 0.334 e. The number of aryl methyl sites for hydroxylation is 2. The number of esters is 1. The molecular weight excluding hydrogens is 252 g/mol. The van der Waals surface area contributed by atoms with Crippen LogP contribution >= 0.6 is 0 Å². The van der Waals surface area contributed by atoms with Gasteiger partial charge in [0.1, 0.15) is 6.10 Å². The Morgan fingerprint density at radius 3 is 2.85 bits per heavy atom. The first kappa shape index (κ1) is 12.7. The summed E-state index contributed by atoms with van der Waals surface area (Å²) in [5.41, 5.74) is 4.82. The molecule has 1 aromatic carbocycles. The molecule has 2 heterocycles. The molecule has 1 saturated heterocycles. The minimum absolute atomic E-state index is 0.245. The van der Waals surface area contributed by atoms with Gasteiger partial charge >= 0.3 is 5.97 Å². The average Bonchev–Trinajstić information content (AvgIpc) is 2.96. The fourth-order valence-corrected chi connectivity index (χ4v) is 2.64. The zero-order valence-electron chi connectivity index (χ0n) is 11.6. The van der Waals surface area contributed by atoms with Gasteiger partial charge < -0.3 is 4.74 Å². The van der Waals surface area contributed by atoms with Crippen LogP contribution < -0.4 is 0 Å². The second-order valence-electron chi connectivity index (χ2n) is 5.14. The van der Waals surface area contributed by atoms with Crippen LogP contribution in [0.15, 0.2) is 42.7 Å². The topological polar surface area (TPSA) is 44.1 Å². The molecule has 0 spiro atoms. The molecule has 0 bridgehead atoms. The Bertz CT molecular complexity index is 684. The highest BCUT2D eigenvalue weighted by atomic mass is 16.5. The third kappa shape index (κ3) is 2.03. The first-order valence-electron chi connectivity index (χ1n) is 6.53. The zero-order chi connectivity index (χ0) is 14.3. The van der Waals surface area contributed by atoms with E-state index in [4.69, 9.17) is 4.74 Å². The normalized spacial score (nSPS) is 18.4. The predicted molar refractivity (Wildman–Crippen MR) is 76.0 cm³/mol. The Morgan fingerprint density at radius 1 is 1.45 bits per heavy atom. The molecule has 102 valence electrons. The molecule has 1 aliphatic heterocycles. The average molecular weight is 268 g/mol. The van der Waals surface area contributed by atoms with Crippen LogP contribution in [0.4, 0.5) is 0 Å². The van der Waals surface area contributed by atoms with E-state index in [9.17, 15) is 4.79 Å². The van der Waals surface area contributed by atoms with Gasteiger partial charge in [-0.1, -0.05) is 24.8 Å². The molecule has 0 N–H and O–H groups in total. The Kier molecular flexibility index (Phi) is 2.93. The van der Waals surface area contributed by atoms with E-state index in [-0.39, 0.29) is 12.1 Å². The van der Waals surface area contributed by atoms with Crippen LogP contribution in [0.5, 0.6) is 0 Å². The number of hydrogen-bond donors (Lipinski definition) is 0. The van der Waals surface area contributed by atoms with Gasteiger partial charge in [0, 0.05) is 36.4 Å². The van der Waals surface area contributed by atoms with Crippen LogP contribution in [0.1, 0.15) is 23.7 Å². The molecule has 1 unspecified atom stereocenters. The van der Waals surface area contributed by atoms with Crippen molar-refractivity contribution in [2.75, 3.05) is 0 Å². The number of ether oxygens (including phenoxy) is 1. The van der Waals surface area contributed by atoms with Crippen LogP contribution in [0.3, 0.4) is 0 Å². The third-order valence-electron chi connectivity index (χ3n) is 3.62. The molecule has 0 saturated carbocycles. The van der Waals surface area contributed by atoms with Gasteiger partial charge in [-0.2, -0.15) is 5.10 Å². The van der Waals surface area contributed by atoms with Gasteiger partial charge in [0.15, 0.2) is 0 Å². The Morgan fingerprint density at radius 2 is 2.25 bits per heavy atom. The van der Waals surface area contributed by atoms with E-state index >= 15 is 0 Å². The molecule has 0 amide bonds. The lowest BCUT2D eigenvalue weighted by atomic mass is 9.92. The number of nitrogens with zero attached hydrogens (tertiary/aromatic N) is 2. The summed E-state index contributed by atoms with van der Waals surface area (Å²) in [4.78, 5) is 11.6. The van der Waals surface area contributed by atoms with Gasteiger partial charge in [0.25, 0.3) is 0 Å². The highest BCUT2D eigenvalue weighted by molar-refractivity contribution is 5.90. The molecule has 0 radical (unpaired) electrons. The third-order valence-corrected chi connectivity index (χ3v) is 3.62. The SMILES string of the molecule is C=C1CC(c2cccc(C)c2-c2cnn(C)c2)OC1=O. The van der Waals surface area contributed by atoms with Crippen molar-refractivity contribution in [2.45, 2.75) is 19.4 Å². The van der Waals surface area contributed by atoms with Crippen molar-refractivity contribution in [1.82, 2.24) is 9.78 Å². The molecule has 20 heavy (non-hydrogen) atoms. The van der Waals surface area contributed by atoms with Gasteiger partial charge in [-0.15, -0.1) is 0 Å².